The molecule has 0 saturated heterocycles. The van der Waals surface area contributed by atoms with Crippen molar-refractivity contribution in [2.24, 2.45) is 5.16 Å². The van der Waals surface area contributed by atoms with Crippen molar-refractivity contribution in [2.45, 2.75) is 19.4 Å². The number of carbonyl (C=O) groups is 1. The van der Waals surface area contributed by atoms with E-state index in [1.807, 2.05) is 0 Å². The average molecular weight is 129 g/mol. The molecular weight excluding hydrogens is 122 g/mol. The molecule has 0 aliphatic carbocycles. The molecule has 0 spiro atoms. The van der Waals surface area contributed by atoms with E-state index in [1.54, 1.807) is 6.92 Å². The summed E-state index contributed by atoms with van der Waals surface area (Å²) in [5.41, 5.74) is 0.113. The maximum atomic E-state index is 10.1. The highest BCUT2D eigenvalue weighted by Gasteiger charge is 2.21. The maximum absolute atomic E-state index is 10.1. The first kappa shape index (κ1) is 6.07. The highest BCUT2D eigenvalue weighted by molar-refractivity contribution is 6.35. The minimum atomic E-state index is -0.987. The van der Waals surface area contributed by atoms with Crippen LogP contribution in [0.5, 0.6) is 0 Å². The third kappa shape index (κ3) is 1.19. The smallest absolute Gasteiger partial charge is 0.353 e. The molecule has 0 aromatic carbocycles. The van der Waals surface area contributed by atoms with Crippen LogP contribution in [0.4, 0.5) is 0 Å². The van der Waals surface area contributed by atoms with E-state index in [9.17, 15) is 4.79 Å². The summed E-state index contributed by atoms with van der Waals surface area (Å²) >= 11 is 0. The summed E-state index contributed by atoms with van der Waals surface area (Å²) in [6.45, 7) is 1.78. The molecule has 4 nitrogen and oxygen atoms in total. The van der Waals surface area contributed by atoms with E-state index < -0.39 is 5.97 Å². The van der Waals surface area contributed by atoms with E-state index in [4.69, 9.17) is 5.11 Å². The Morgan fingerprint density at radius 2 is 2.67 bits per heavy atom. The largest absolute Gasteiger partial charge is 0.477 e. The Hall–Kier alpha value is -1.06. The van der Waals surface area contributed by atoms with Crippen molar-refractivity contribution in [3.8, 4) is 0 Å². The molecule has 0 amide bonds. The minimum Gasteiger partial charge on any atom is -0.477 e. The molecule has 9 heavy (non-hydrogen) atoms. The number of hydrogen-bond acceptors (Lipinski definition) is 3. The number of nitrogens with zero attached hydrogens (tertiary/aromatic N) is 1. The van der Waals surface area contributed by atoms with Crippen LogP contribution in [0.2, 0.25) is 0 Å². The van der Waals surface area contributed by atoms with Crippen molar-refractivity contribution in [3.05, 3.63) is 0 Å². The minimum absolute atomic E-state index is 0.0731. The van der Waals surface area contributed by atoms with Gasteiger partial charge in [-0.2, -0.15) is 0 Å². The lowest BCUT2D eigenvalue weighted by Crippen LogP contribution is -2.12. The second kappa shape index (κ2) is 2.05. The van der Waals surface area contributed by atoms with Gasteiger partial charge < -0.3 is 9.94 Å². The van der Waals surface area contributed by atoms with E-state index in [0.717, 1.165) is 0 Å². The van der Waals surface area contributed by atoms with Crippen LogP contribution in [-0.2, 0) is 9.63 Å². The first-order valence-corrected chi connectivity index (χ1v) is 2.66. The Bertz CT molecular complexity index is 164. The van der Waals surface area contributed by atoms with Gasteiger partial charge in [0.25, 0.3) is 0 Å². The summed E-state index contributed by atoms with van der Waals surface area (Å²) in [4.78, 5) is 14.8. The SMILES string of the molecule is C[C@H]1CC(C(=O)O)=NO1. The molecule has 0 radical (unpaired) electrons. The molecule has 0 unspecified atom stereocenters. The van der Waals surface area contributed by atoms with Crippen molar-refractivity contribution in [2.75, 3.05) is 0 Å². The number of rotatable bonds is 1. The second-order valence-electron chi connectivity index (χ2n) is 1.96. The summed E-state index contributed by atoms with van der Waals surface area (Å²) in [6.07, 6.45) is 0.339. The third-order valence-corrected chi connectivity index (χ3v) is 1.07. The summed E-state index contributed by atoms with van der Waals surface area (Å²) in [7, 11) is 0. The van der Waals surface area contributed by atoms with E-state index >= 15 is 0 Å². The second-order valence-corrected chi connectivity index (χ2v) is 1.96. The first-order valence-electron chi connectivity index (χ1n) is 2.66. The molecule has 50 valence electrons. The third-order valence-electron chi connectivity index (χ3n) is 1.07. The summed E-state index contributed by atoms with van der Waals surface area (Å²) in [5.74, 6) is -0.987. The molecule has 0 aromatic rings. The van der Waals surface area contributed by atoms with Crippen molar-refractivity contribution >= 4 is 11.7 Å². The van der Waals surface area contributed by atoms with Gasteiger partial charge in [0.05, 0.1) is 0 Å². The van der Waals surface area contributed by atoms with Gasteiger partial charge >= 0.3 is 5.97 Å². The monoisotopic (exact) mass is 129 g/mol. The van der Waals surface area contributed by atoms with Crippen LogP contribution in [0.1, 0.15) is 13.3 Å². The Morgan fingerprint density at radius 1 is 2.00 bits per heavy atom. The maximum Gasteiger partial charge on any atom is 0.353 e. The summed E-state index contributed by atoms with van der Waals surface area (Å²) in [5, 5.41) is 11.7. The topological polar surface area (TPSA) is 58.9 Å². The van der Waals surface area contributed by atoms with Gasteiger partial charge in [-0.05, 0) is 6.92 Å². The van der Waals surface area contributed by atoms with E-state index in [1.165, 1.54) is 0 Å². The Morgan fingerprint density at radius 3 is 2.89 bits per heavy atom. The van der Waals surface area contributed by atoms with Crippen LogP contribution in [0.3, 0.4) is 0 Å². The highest BCUT2D eigenvalue weighted by Crippen LogP contribution is 2.08. The fourth-order valence-electron chi connectivity index (χ4n) is 0.627. The van der Waals surface area contributed by atoms with Gasteiger partial charge in [0.15, 0.2) is 5.71 Å². The Labute approximate surface area is 52.1 Å². The average Bonchev–Trinajstić information content (AvgIpc) is 2.14. The lowest BCUT2D eigenvalue weighted by atomic mass is 10.2. The number of hydrogen-bond donors (Lipinski definition) is 1. The van der Waals surface area contributed by atoms with Crippen molar-refractivity contribution in [1.29, 1.82) is 0 Å². The predicted octanol–water partition coefficient (Wildman–Crippen LogP) is 0.236. The molecule has 0 saturated carbocycles. The zero-order chi connectivity index (χ0) is 6.85. The Balaban J connectivity index is 2.55. The van der Waals surface area contributed by atoms with E-state index in [0.29, 0.717) is 6.42 Å². The van der Waals surface area contributed by atoms with Crippen molar-refractivity contribution in [3.63, 3.8) is 0 Å². The normalized spacial score (nSPS) is 25.0. The van der Waals surface area contributed by atoms with Gasteiger partial charge in [0.2, 0.25) is 0 Å². The van der Waals surface area contributed by atoms with Crippen molar-refractivity contribution < 1.29 is 14.7 Å². The molecule has 0 fully saturated rings. The van der Waals surface area contributed by atoms with Gasteiger partial charge in [0, 0.05) is 6.42 Å². The number of carboxylic acids is 1. The van der Waals surface area contributed by atoms with Crippen molar-refractivity contribution in [1.82, 2.24) is 0 Å². The van der Waals surface area contributed by atoms with Crippen LogP contribution in [0.25, 0.3) is 0 Å². The quantitative estimate of drug-likeness (QED) is 0.551. The molecule has 1 N–H and O–H groups in total. The van der Waals surface area contributed by atoms with Gasteiger partial charge in [0.1, 0.15) is 6.10 Å². The standard InChI is InChI=1S/C5H7NO3/c1-3-2-4(5(7)8)6-9-3/h3H,2H2,1H3,(H,7,8)/t3-/m0/s1. The molecule has 1 atom stereocenters. The van der Waals surface area contributed by atoms with Gasteiger partial charge in [-0.15, -0.1) is 0 Å². The number of oxime groups is 1. The van der Waals surface area contributed by atoms with Crippen LogP contribution < -0.4 is 0 Å². The van der Waals surface area contributed by atoms with Crippen LogP contribution in [0.15, 0.2) is 5.16 Å². The molecule has 1 aliphatic rings. The molecule has 1 heterocycles. The molecule has 4 heteroatoms. The van der Waals surface area contributed by atoms with E-state index in [-0.39, 0.29) is 11.8 Å². The summed E-state index contributed by atoms with van der Waals surface area (Å²) in [6, 6.07) is 0. The zero-order valence-electron chi connectivity index (χ0n) is 5.00. The fraction of sp³-hybridized carbons (Fsp3) is 0.600. The van der Waals surface area contributed by atoms with Crippen LogP contribution in [-0.4, -0.2) is 22.9 Å². The first-order chi connectivity index (χ1) is 4.20. The highest BCUT2D eigenvalue weighted by atomic mass is 16.6. The molecule has 0 bridgehead atoms. The van der Waals surface area contributed by atoms with E-state index in [2.05, 4.69) is 9.99 Å². The van der Waals surface area contributed by atoms with Gasteiger partial charge in [-0.3, -0.25) is 0 Å². The lowest BCUT2D eigenvalue weighted by Gasteiger charge is -1.93. The van der Waals surface area contributed by atoms with Gasteiger partial charge in [-0.25, -0.2) is 4.79 Å². The lowest BCUT2D eigenvalue weighted by molar-refractivity contribution is -0.129. The van der Waals surface area contributed by atoms with Crippen LogP contribution in [0, 0.1) is 0 Å². The summed E-state index contributed by atoms with van der Waals surface area (Å²) < 4.78 is 0. The number of aliphatic carboxylic acids is 1. The fourth-order valence-corrected chi connectivity index (χ4v) is 0.627. The zero-order valence-corrected chi connectivity index (χ0v) is 5.00. The molecular formula is C5H7NO3. The molecule has 0 aromatic heterocycles. The predicted molar refractivity (Wildman–Crippen MR) is 30.2 cm³/mol. The number of carboxylic acid groups (broad SMARTS) is 1. The Kier molecular flexibility index (Phi) is 1.38. The van der Waals surface area contributed by atoms with Crippen LogP contribution >= 0.6 is 0 Å². The molecule has 1 rings (SSSR count). The van der Waals surface area contributed by atoms with Gasteiger partial charge in [-0.1, -0.05) is 5.16 Å². The molecule has 1 aliphatic heterocycles.